The van der Waals surface area contributed by atoms with E-state index in [1.165, 1.54) is 5.69 Å². The first kappa shape index (κ1) is 13.2. The first-order valence-electron chi connectivity index (χ1n) is 6.11. The van der Waals surface area contributed by atoms with Crippen molar-refractivity contribution in [1.29, 1.82) is 0 Å². The zero-order valence-corrected chi connectivity index (χ0v) is 11.7. The summed E-state index contributed by atoms with van der Waals surface area (Å²) in [7, 11) is 0. The van der Waals surface area contributed by atoms with Crippen molar-refractivity contribution in [3.8, 4) is 0 Å². The Labute approximate surface area is 99.2 Å². The molecule has 0 aliphatic heterocycles. The molecule has 0 bridgehead atoms. The van der Waals surface area contributed by atoms with Crippen molar-refractivity contribution in [2.45, 2.75) is 60.9 Å². The molecule has 92 valence electrons. The van der Waals surface area contributed by atoms with Crippen LogP contribution in [0.15, 0.2) is 0 Å². The minimum Gasteiger partial charge on any atom is -0.246 e. The topological polar surface area (TPSA) is 30.7 Å². The molecule has 0 amide bonds. The highest BCUT2D eigenvalue weighted by atomic mass is 15.4. The Morgan fingerprint density at radius 2 is 1.75 bits per heavy atom. The van der Waals surface area contributed by atoms with E-state index in [0.717, 1.165) is 12.1 Å². The van der Waals surface area contributed by atoms with Crippen molar-refractivity contribution >= 4 is 0 Å². The summed E-state index contributed by atoms with van der Waals surface area (Å²) in [5.74, 6) is 0.582. The molecule has 0 saturated heterocycles. The molecular weight excluding hydrogens is 198 g/mol. The zero-order chi connectivity index (χ0) is 12.5. The van der Waals surface area contributed by atoms with Gasteiger partial charge in [-0.1, -0.05) is 39.8 Å². The molecule has 1 heterocycles. The number of rotatable bonds is 3. The lowest BCUT2D eigenvalue weighted by Gasteiger charge is -2.29. The van der Waals surface area contributed by atoms with Crippen LogP contribution < -0.4 is 0 Å². The molecule has 3 nitrogen and oxygen atoms in total. The molecule has 0 N–H and O–H groups in total. The van der Waals surface area contributed by atoms with Crippen LogP contribution in [0.5, 0.6) is 0 Å². The first-order chi connectivity index (χ1) is 7.22. The number of aromatic nitrogens is 3. The molecule has 0 radical (unpaired) electrons. The lowest BCUT2D eigenvalue weighted by atomic mass is 9.84. The molecule has 1 aromatic heterocycles. The largest absolute Gasteiger partial charge is 0.246 e. The van der Waals surface area contributed by atoms with Gasteiger partial charge in [-0.05, 0) is 31.6 Å². The Morgan fingerprint density at radius 1 is 1.19 bits per heavy atom. The summed E-state index contributed by atoms with van der Waals surface area (Å²) in [5, 5.41) is 8.45. The lowest BCUT2D eigenvalue weighted by Crippen LogP contribution is -2.23. The van der Waals surface area contributed by atoms with E-state index in [-0.39, 0.29) is 0 Å². The summed E-state index contributed by atoms with van der Waals surface area (Å²) in [5.41, 5.74) is 2.56. The number of aryl methyl sites for hydroxylation is 1. The van der Waals surface area contributed by atoms with Crippen LogP contribution in [0.4, 0.5) is 0 Å². The van der Waals surface area contributed by atoms with Gasteiger partial charge in [-0.15, -0.1) is 5.10 Å². The van der Waals surface area contributed by atoms with Crippen LogP contribution in [0.3, 0.4) is 0 Å². The number of hydrogen-bond donors (Lipinski definition) is 0. The monoisotopic (exact) mass is 223 g/mol. The molecule has 16 heavy (non-hydrogen) atoms. The summed E-state index contributed by atoms with van der Waals surface area (Å²) in [6.07, 6.45) is 1.13. The van der Waals surface area contributed by atoms with Crippen LogP contribution in [0.1, 0.15) is 58.5 Å². The molecule has 0 spiro atoms. The summed E-state index contributed by atoms with van der Waals surface area (Å²) >= 11 is 0. The molecule has 0 aliphatic carbocycles. The van der Waals surface area contributed by atoms with E-state index < -0.39 is 0 Å². The Bertz CT molecular complexity index is 345. The van der Waals surface area contributed by atoms with Crippen molar-refractivity contribution in [3.05, 3.63) is 11.4 Å². The van der Waals surface area contributed by atoms with Gasteiger partial charge in [0.1, 0.15) is 0 Å². The van der Waals surface area contributed by atoms with Crippen molar-refractivity contribution in [3.63, 3.8) is 0 Å². The number of nitrogens with zero attached hydrogens (tertiary/aromatic N) is 3. The number of hydrogen-bond acceptors (Lipinski definition) is 2. The van der Waals surface area contributed by atoms with E-state index in [4.69, 9.17) is 0 Å². The van der Waals surface area contributed by atoms with E-state index in [2.05, 4.69) is 56.5 Å². The van der Waals surface area contributed by atoms with Gasteiger partial charge in [0.15, 0.2) is 0 Å². The van der Waals surface area contributed by atoms with Gasteiger partial charge in [0.05, 0.1) is 17.4 Å². The van der Waals surface area contributed by atoms with Gasteiger partial charge in [0.2, 0.25) is 0 Å². The Morgan fingerprint density at radius 3 is 2.06 bits per heavy atom. The zero-order valence-electron chi connectivity index (χ0n) is 11.7. The second-order valence-corrected chi connectivity index (χ2v) is 6.28. The highest BCUT2D eigenvalue weighted by molar-refractivity contribution is 5.06. The van der Waals surface area contributed by atoms with Gasteiger partial charge >= 0.3 is 0 Å². The van der Waals surface area contributed by atoms with Crippen LogP contribution in [0.2, 0.25) is 0 Å². The van der Waals surface area contributed by atoms with Crippen molar-refractivity contribution in [1.82, 2.24) is 15.0 Å². The van der Waals surface area contributed by atoms with E-state index in [0.29, 0.717) is 17.4 Å². The van der Waals surface area contributed by atoms with Gasteiger partial charge in [0.25, 0.3) is 0 Å². The minimum atomic E-state index is 0.321. The van der Waals surface area contributed by atoms with Gasteiger partial charge < -0.3 is 0 Å². The predicted molar refractivity (Wildman–Crippen MR) is 67.4 cm³/mol. The molecule has 0 aliphatic rings. The van der Waals surface area contributed by atoms with Crippen LogP contribution in [-0.4, -0.2) is 15.0 Å². The van der Waals surface area contributed by atoms with Crippen molar-refractivity contribution < 1.29 is 0 Å². The van der Waals surface area contributed by atoms with Crippen LogP contribution in [-0.2, 0) is 0 Å². The standard InChI is InChI=1S/C13H25N3/c1-9(2)12(8-13(5,6)7)16-11(4)10(3)14-15-16/h9,12H,8H2,1-7H3. The van der Waals surface area contributed by atoms with E-state index in [9.17, 15) is 0 Å². The van der Waals surface area contributed by atoms with Crippen LogP contribution in [0.25, 0.3) is 0 Å². The maximum Gasteiger partial charge on any atom is 0.0825 e. The highest BCUT2D eigenvalue weighted by Gasteiger charge is 2.25. The minimum absolute atomic E-state index is 0.321. The molecule has 0 aromatic carbocycles. The van der Waals surface area contributed by atoms with Crippen molar-refractivity contribution in [2.75, 3.05) is 0 Å². The molecule has 1 aromatic rings. The van der Waals surface area contributed by atoms with Gasteiger partial charge in [0, 0.05) is 0 Å². The molecule has 3 heteroatoms. The van der Waals surface area contributed by atoms with Crippen molar-refractivity contribution in [2.24, 2.45) is 11.3 Å². The lowest BCUT2D eigenvalue weighted by molar-refractivity contribution is 0.224. The third-order valence-electron chi connectivity index (χ3n) is 3.06. The Balaban J connectivity index is 2.99. The molecule has 1 unspecified atom stereocenters. The average molecular weight is 223 g/mol. The molecule has 0 saturated carbocycles. The SMILES string of the molecule is Cc1nnn(C(CC(C)(C)C)C(C)C)c1C. The molecular formula is C13H25N3. The second-order valence-electron chi connectivity index (χ2n) is 6.28. The van der Waals surface area contributed by atoms with Gasteiger partial charge in [-0.25, -0.2) is 4.68 Å². The average Bonchev–Trinajstić information content (AvgIpc) is 2.42. The summed E-state index contributed by atoms with van der Waals surface area (Å²) in [6, 6.07) is 0.446. The predicted octanol–water partition coefficient (Wildman–Crippen LogP) is 3.53. The third-order valence-corrected chi connectivity index (χ3v) is 3.06. The fraction of sp³-hybridized carbons (Fsp3) is 0.846. The van der Waals surface area contributed by atoms with Crippen LogP contribution >= 0.6 is 0 Å². The molecule has 1 rings (SSSR count). The molecule has 1 atom stereocenters. The van der Waals surface area contributed by atoms with E-state index >= 15 is 0 Å². The fourth-order valence-electron chi connectivity index (χ4n) is 1.97. The quantitative estimate of drug-likeness (QED) is 0.785. The van der Waals surface area contributed by atoms with Crippen LogP contribution in [0, 0.1) is 25.2 Å². The Kier molecular flexibility index (Phi) is 3.76. The first-order valence-corrected chi connectivity index (χ1v) is 6.11. The Hall–Kier alpha value is -0.860. The molecule has 0 fully saturated rings. The normalized spacial score (nSPS) is 14.5. The third kappa shape index (κ3) is 3.06. The van der Waals surface area contributed by atoms with Gasteiger partial charge in [-0.2, -0.15) is 0 Å². The highest BCUT2D eigenvalue weighted by Crippen LogP contribution is 2.32. The summed E-state index contributed by atoms with van der Waals surface area (Å²) in [4.78, 5) is 0. The smallest absolute Gasteiger partial charge is 0.0825 e. The maximum absolute atomic E-state index is 4.29. The second kappa shape index (κ2) is 4.56. The van der Waals surface area contributed by atoms with E-state index in [1.807, 2.05) is 6.92 Å². The van der Waals surface area contributed by atoms with Gasteiger partial charge in [-0.3, -0.25) is 0 Å². The van der Waals surface area contributed by atoms with E-state index in [1.54, 1.807) is 0 Å². The maximum atomic E-state index is 4.29. The fourth-order valence-corrected chi connectivity index (χ4v) is 1.97. The summed E-state index contributed by atoms with van der Waals surface area (Å²) < 4.78 is 2.10. The summed E-state index contributed by atoms with van der Waals surface area (Å²) in [6.45, 7) is 15.5.